The molecule has 0 unspecified atom stereocenters. The lowest BCUT2D eigenvalue weighted by molar-refractivity contribution is -0.129. The van der Waals surface area contributed by atoms with Gasteiger partial charge >= 0.3 is 6.09 Å². The minimum absolute atomic E-state index is 0.0838. The van der Waals surface area contributed by atoms with E-state index < -0.39 is 30.0 Å². The predicted molar refractivity (Wildman–Crippen MR) is 116 cm³/mol. The fourth-order valence-electron chi connectivity index (χ4n) is 2.91. The molecule has 0 aliphatic rings. The van der Waals surface area contributed by atoms with E-state index in [1.165, 1.54) is 0 Å². The maximum atomic E-state index is 12.8. The number of benzene rings is 2. The van der Waals surface area contributed by atoms with Gasteiger partial charge in [0.15, 0.2) is 0 Å². The van der Waals surface area contributed by atoms with Crippen molar-refractivity contribution in [1.82, 2.24) is 10.6 Å². The second-order valence-electron chi connectivity index (χ2n) is 7.44. The normalized spacial score (nSPS) is 12.5. The molecule has 2 aromatic carbocycles. The number of nitrogens with one attached hydrogen (secondary N) is 2. The van der Waals surface area contributed by atoms with Gasteiger partial charge in [0.25, 0.3) is 0 Å². The Balaban J connectivity index is 1.97. The number of primary amides is 1. The molecule has 0 bridgehead atoms. The molecule has 0 aliphatic carbocycles. The Morgan fingerprint density at radius 1 is 0.935 bits per heavy atom. The average molecular weight is 428 g/mol. The maximum Gasteiger partial charge on any atom is 0.408 e. The number of rotatable bonds is 10. The molecule has 0 fully saturated rings. The smallest absolute Gasteiger partial charge is 0.408 e. The first-order chi connectivity index (χ1) is 14.8. The zero-order chi connectivity index (χ0) is 22.8. The summed E-state index contributed by atoms with van der Waals surface area (Å²) in [7, 11) is 1.56. The summed E-state index contributed by atoms with van der Waals surface area (Å²) in [5.74, 6) is -0.734. The molecule has 3 amide bonds. The maximum absolute atomic E-state index is 12.8. The molecular weight excluding hydrogens is 398 g/mol. The van der Waals surface area contributed by atoms with E-state index in [1.54, 1.807) is 45.2 Å². The lowest BCUT2D eigenvalue weighted by atomic mass is 10.0. The summed E-state index contributed by atoms with van der Waals surface area (Å²) in [6, 6.07) is 14.5. The van der Waals surface area contributed by atoms with Crippen LogP contribution in [0.2, 0.25) is 0 Å². The summed E-state index contributed by atoms with van der Waals surface area (Å²) < 4.78 is 10.3. The van der Waals surface area contributed by atoms with Gasteiger partial charge in [-0.05, 0) is 29.2 Å². The van der Waals surface area contributed by atoms with Crippen LogP contribution in [0.1, 0.15) is 25.0 Å². The minimum atomic E-state index is -0.927. The van der Waals surface area contributed by atoms with Gasteiger partial charge in [-0.3, -0.25) is 9.59 Å². The number of amides is 3. The third kappa shape index (κ3) is 7.65. The molecule has 166 valence electrons. The van der Waals surface area contributed by atoms with Gasteiger partial charge in [0.05, 0.1) is 7.11 Å². The van der Waals surface area contributed by atoms with Crippen LogP contribution in [0.3, 0.4) is 0 Å². The highest BCUT2D eigenvalue weighted by Gasteiger charge is 2.28. The third-order valence-corrected chi connectivity index (χ3v) is 4.69. The van der Waals surface area contributed by atoms with E-state index >= 15 is 0 Å². The van der Waals surface area contributed by atoms with Crippen LogP contribution >= 0.6 is 0 Å². The first-order valence-electron chi connectivity index (χ1n) is 10.00. The Hall–Kier alpha value is -3.55. The van der Waals surface area contributed by atoms with Crippen molar-refractivity contribution in [2.75, 3.05) is 7.11 Å². The monoisotopic (exact) mass is 427 g/mol. The van der Waals surface area contributed by atoms with Crippen molar-refractivity contribution in [3.8, 4) is 5.75 Å². The highest BCUT2D eigenvalue weighted by Crippen LogP contribution is 2.13. The number of alkyl carbamates (subject to hydrolysis) is 1. The molecule has 2 atom stereocenters. The second-order valence-corrected chi connectivity index (χ2v) is 7.44. The van der Waals surface area contributed by atoms with Gasteiger partial charge in [-0.1, -0.05) is 56.3 Å². The predicted octanol–water partition coefficient (Wildman–Crippen LogP) is 2.16. The molecule has 0 saturated carbocycles. The van der Waals surface area contributed by atoms with Crippen LogP contribution in [0.4, 0.5) is 4.79 Å². The molecule has 0 aromatic heterocycles. The number of carbonyl (C=O) groups is 3. The number of carbonyl (C=O) groups excluding carboxylic acids is 3. The molecule has 0 saturated heterocycles. The van der Waals surface area contributed by atoms with Crippen molar-refractivity contribution in [2.45, 2.75) is 39.0 Å². The summed E-state index contributed by atoms with van der Waals surface area (Å²) in [5.41, 5.74) is 7.12. The van der Waals surface area contributed by atoms with Crippen LogP contribution in [-0.2, 0) is 27.4 Å². The van der Waals surface area contributed by atoms with Gasteiger partial charge in [-0.2, -0.15) is 0 Å². The first kappa shape index (κ1) is 23.7. The molecule has 4 N–H and O–H groups in total. The fourth-order valence-corrected chi connectivity index (χ4v) is 2.91. The zero-order valence-electron chi connectivity index (χ0n) is 18.0. The molecule has 2 rings (SSSR count). The molecule has 0 heterocycles. The number of ether oxygens (including phenoxy) is 2. The zero-order valence-corrected chi connectivity index (χ0v) is 18.0. The van der Waals surface area contributed by atoms with Gasteiger partial charge in [-0.15, -0.1) is 0 Å². The van der Waals surface area contributed by atoms with Crippen molar-refractivity contribution in [2.24, 2.45) is 11.7 Å². The standard InChI is InChI=1S/C23H29N3O5/c1-15(2)20(26-23(29)31-14-17-7-5-4-6-8-17)22(28)25-19(21(24)27)13-16-9-11-18(30-3)12-10-16/h4-12,15,19-20H,13-14H2,1-3H3,(H2,24,27)(H,25,28)(H,26,29)/t19-,20+/m0/s1. The van der Waals surface area contributed by atoms with Gasteiger partial charge in [-0.25, -0.2) is 4.79 Å². The Kier molecular flexibility index (Phi) is 8.87. The van der Waals surface area contributed by atoms with Crippen molar-refractivity contribution >= 4 is 17.9 Å². The van der Waals surface area contributed by atoms with Gasteiger partial charge < -0.3 is 25.8 Å². The van der Waals surface area contributed by atoms with E-state index in [0.717, 1.165) is 11.1 Å². The van der Waals surface area contributed by atoms with Crippen LogP contribution < -0.4 is 21.1 Å². The topological polar surface area (TPSA) is 120 Å². The first-order valence-corrected chi connectivity index (χ1v) is 10.00. The molecule has 8 heteroatoms. The van der Waals surface area contributed by atoms with Crippen molar-refractivity contribution in [3.05, 3.63) is 65.7 Å². The molecule has 0 spiro atoms. The van der Waals surface area contributed by atoms with Crippen molar-refractivity contribution in [3.63, 3.8) is 0 Å². The van der Waals surface area contributed by atoms with E-state index in [-0.39, 0.29) is 18.9 Å². The molecule has 0 radical (unpaired) electrons. The van der Waals surface area contributed by atoms with E-state index in [1.807, 2.05) is 30.3 Å². The summed E-state index contributed by atoms with van der Waals surface area (Å²) in [6.45, 7) is 3.65. The summed E-state index contributed by atoms with van der Waals surface area (Å²) in [6.07, 6.45) is -0.502. The van der Waals surface area contributed by atoms with E-state index in [9.17, 15) is 14.4 Å². The van der Waals surface area contributed by atoms with Crippen LogP contribution in [0, 0.1) is 5.92 Å². The number of nitrogens with two attached hydrogens (primary N) is 1. The van der Waals surface area contributed by atoms with Gasteiger partial charge in [0, 0.05) is 6.42 Å². The Bertz CT molecular complexity index is 869. The minimum Gasteiger partial charge on any atom is -0.497 e. The second kappa shape index (κ2) is 11.6. The Labute approximate surface area is 182 Å². The third-order valence-electron chi connectivity index (χ3n) is 4.69. The van der Waals surface area contributed by atoms with E-state index in [2.05, 4.69) is 10.6 Å². The summed E-state index contributed by atoms with van der Waals surface area (Å²) in [4.78, 5) is 36.9. The highest BCUT2D eigenvalue weighted by atomic mass is 16.5. The van der Waals surface area contributed by atoms with Gasteiger partial charge in [0.1, 0.15) is 24.4 Å². The number of hydrogen-bond donors (Lipinski definition) is 3. The number of hydrogen-bond acceptors (Lipinski definition) is 5. The van der Waals surface area contributed by atoms with E-state index in [0.29, 0.717) is 5.75 Å². The Morgan fingerprint density at radius 3 is 2.13 bits per heavy atom. The van der Waals surface area contributed by atoms with Crippen LogP contribution in [-0.4, -0.2) is 37.1 Å². The molecule has 2 aromatic rings. The van der Waals surface area contributed by atoms with Crippen molar-refractivity contribution < 1.29 is 23.9 Å². The van der Waals surface area contributed by atoms with Crippen LogP contribution in [0.25, 0.3) is 0 Å². The highest BCUT2D eigenvalue weighted by molar-refractivity contribution is 5.91. The van der Waals surface area contributed by atoms with E-state index in [4.69, 9.17) is 15.2 Å². The molecule has 8 nitrogen and oxygen atoms in total. The average Bonchev–Trinajstić information content (AvgIpc) is 2.76. The molecule has 31 heavy (non-hydrogen) atoms. The largest absolute Gasteiger partial charge is 0.497 e. The fraction of sp³-hybridized carbons (Fsp3) is 0.348. The number of methoxy groups -OCH3 is 1. The van der Waals surface area contributed by atoms with Crippen molar-refractivity contribution in [1.29, 1.82) is 0 Å². The van der Waals surface area contributed by atoms with Crippen LogP contribution in [0.15, 0.2) is 54.6 Å². The quantitative estimate of drug-likeness (QED) is 0.537. The van der Waals surface area contributed by atoms with Gasteiger partial charge in [0.2, 0.25) is 11.8 Å². The lowest BCUT2D eigenvalue weighted by Gasteiger charge is -2.24. The SMILES string of the molecule is COc1ccc(C[C@H](NC(=O)[C@H](NC(=O)OCc2ccccc2)C(C)C)C(N)=O)cc1. The molecule has 0 aliphatic heterocycles. The summed E-state index contributed by atoms with van der Waals surface area (Å²) in [5, 5.41) is 5.21. The summed E-state index contributed by atoms with van der Waals surface area (Å²) >= 11 is 0. The van der Waals surface area contributed by atoms with Crippen LogP contribution in [0.5, 0.6) is 5.75 Å². The lowest BCUT2D eigenvalue weighted by Crippen LogP contribution is -2.55. The Morgan fingerprint density at radius 2 is 1.58 bits per heavy atom. The molecular formula is C23H29N3O5.